The van der Waals surface area contributed by atoms with E-state index in [1.807, 2.05) is 6.07 Å². The van der Waals surface area contributed by atoms with Gasteiger partial charge in [-0.15, -0.1) is 0 Å². The van der Waals surface area contributed by atoms with Crippen LogP contribution in [0.5, 0.6) is 0 Å². The molecule has 2 heterocycles. The zero-order valence-corrected chi connectivity index (χ0v) is 12.2. The number of nitriles is 1. The van der Waals surface area contributed by atoms with Crippen molar-refractivity contribution in [1.82, 2.24) is 9.55 Å². The van der Waals surface area contributed by atoms with Crippen molar-refractivity contribution in [3.63, 3.8) is 0 Å². The Morgan fingerprint density at radius 3 is 2.82 bits per heavy atom. The average Bonchev–Trinajstić information content (AvgIpc) is 2.54. The van der Waals surface area contributed by atoms with Crippen molar-refractivity contribution in [2.45, 2.75) is 19.9 Å². The first-order valence-electron chi connectivity index (χ1n) is 6.88. The van der Waals surface area contributed by atoms with E-state index < -0.39 is 5.56 Å². The van der Waals surface area contributed by atoms with Crippen LogP contribution in [0.1, 0.15) is 18.9 Å². The summed E-state index contributed by atoms with van der Waals surface area (Å²) < 4.78 is 6.26. The van der Waals surface area contributed by atoms with Gasteiger partial charge >= 0.3 is 5.97 Å². The van der Waals surface area contributed by atoms with Crippen LogP contribution in [-0.4, -0.2) is 22.1 Å². The van der Waals surface area contributed by atoms with Crippen molar-refractivity contribution in [2.24, 2.45) is 0 Å². The summed E-state index contributed by atoms with van der Waals surface area (Å²) in [7, 11) is 0. The number of nitrogens with zero attached hydrogens (tertiary/aromatic N) is 3. The maximum absolute atomic E-state index is 12.3. The van der Waals surface area contributed by atoms with Crippen LogP contribution < -0.4 is 5.56 Å². The Labute approximate surface area is 127 Å². The highest BCUT2D eigenvalue weighted by Gasteiger charge is 2.13. The zero-order valence-electron chi connectivity index (χ0n) is 12.2. The minimum atomic E-state index is -0.435. The zero-order chi connectivity index (χ0) is 15.9. The summed E-state index contributed by atoms with van der Waals surface area (Å²) >= 11 is 0. The molecule has 0 saturated carbocycles. The summed E-state index contributed by atoms with van der Waals surface area (Å²) in [6.45, 7) is 2.15. The molecule has 0 spiro atoms. The van der Waals surface area contributed by atoms with Gasteiger partial charge in [0.05, 0.1) is 24.4 Å². The lowest BCUT2D eigenvalue weighted by atomic mass is 10.2. The lowest BCUT2D eigenvalue weighted by Gasteiger charge is -2.12. The van der Waals surface area contributed by atoms with E-state index >= 15 is 0 Å². The summed E-state index contributed by atoms with van der Waals surface area (Å²) in [5.74, 6) is -0.385. The van der Waals surface area contributed by atoms with Gasteiger partial charge in [-0.1, -0.05) is 6.07 Å². The number of pyridine rings is 2. The lowest BCUT2D eigenvalue weighted by Crippen LogP contribution is -2.25. The molecular formula is C16H15N3O3. The van der Waals surface area contributed by atoms with Gasteiger partial charge in [0.25, 0.3) is 5.56 Å². The number of hydrogen-bond donors (Lipinski definition) is 0. The van der Waals surface area contributed by atoms with Crippen LogP contribution in [0.3, 0.4) is 0 Å². The van der Waals surface area contributed by atoms with Crippen LogP contribution in [0.15, 0.2) is 41.3 Å². The molecule has 2 aromatic heterocycles. The molecule has 6 heteroatoms. The van der Waals surface area contributed by atoms with Crippen molar-refractivity contribution >= 4 is 5.97 Å². The van der Waals surface area contributed by atoms with E-state index in [-0.39, 0.29) is 24.5 Å². The van der Waals surface area contributed by atoms with E-state index in [0.717, 1.165) is 0 Å². The minimum Gasteiger partial charge on any atom is -0.466 e. The number of rotatable bonds is 5. The summed E-state index contributed by atoms with van der Waals surface area (Å²) in [5, 5.41) is 9.00. The number of aromatic nitrogens is 2. The molecule has 0 aromatic carbocycles. The Morgan fingerprint density at radius 2 is 2.18 bits per heavy atom. The van der Waals surface area contributed by atoms with Crippen LogP contribution in [-0.2, 0) is 16.1 Å². The molecule has 0 bridgehead atoms. The third-order valence-corrected chi connectivity index (χ3v) is 3.07. The topological polar surface area (TPSA) is 85.0 Å². The highest BCUT2D eigenvalue weighted by molar-refractivity contribution is 5.69. The van der Waals surface area contributed by atoms with Gasteiger partial charge in [0, 0.05) is 12.7 Å². The average molecular weight is 297 g/mol. The molecule has 0 amide bonds. The molecule has 6 nitrogen and oxygen atoms in total. The summed E-state index contributed by atoms with van der Waals surface area (Å²) in [6, 6.07) is 10.3. The third-order valence-electron chi connectivity index (χ3n) is 3.07. The molecule has 0 unspecified atom stereocenters. The molecule has 0 saturated heterocycles. The second-order valence-electron chi connectivity index (χ2n) is 4.47. The second kappa shape index (κ2) is 7.18. The summed E-state index contributed by atoms with van der Waals surface area (Å²) in [6.07, 6.45) is 1.68. The Bertz CT molecular complexity index is 760. The third kappa shape index (κ3) is 3.38. The Morgan fingerprint density at radius 1 is 1.36 bits per heavy atom. The number of carbonyl (C=O) groups is 1. The standard InChI is InChI=1S/C16H15N3O3/c1-2-22-15(20)8-10-19-14(13-5-3-4-9-18-13)7-6-12(11-17)16(19)21/h3-7,9H,2,8,10H2,1H3. The molecule has 0 N–H and O–H groups in total. The fourth-order valence-corrected chi connectivity index (χ4v) is 2.06. The van der Waals surface area contributed by atoms with Crippen molar-refractivity contribution < 1.29 is 9.53 Å². The van der Waals surface area contributed by atoms with Crippen molar-refractivity contribution in [3.05, 3.63) is 52.4 Å². The maximum atomic E-state index is 12.3. The van der Waals surface area contributed by atoms with Crippen LogP contribution in [0.25, 0.3) is 11.4 Å². The van der Waals surface area contributed by atoms with E-state index in [0.29, 0.717) is 18.0 Å². The quantitative estimate of drug-likeness (QED) is 0.785. The fourth-order valence-electron chi connectivity index (χ4n) is 2.06. The molecule has 0 aliphatic heterocycles. The van der Waals surface area contributed by atoms with E-state index in [1.54, 1.807) is 37.4 Å². The van der Waals surface area contributed by atoms with Gasteiger partial charge in [-0.2, -0.15) is 5.26 Å². The van der Waals surface area contributed by atoms with E-state index in [2.05, 4.69) is 4.98 Å². The van der Waals surface area contributed by atoms with Gasteiger partial charge < -0.3 is 9.30 Å². The van der Waals surface area contributed by atoms with Crippen LogP contribution >= 0.6 is 0 Å². The monoisotopic (exact) mass is 297 g/mol. The molecule has 0 fully saturated rings. The van der Waals surface area contributed by atoms with Crippen molar-refractivity contribution in [3.8, 4) is 17.5 Å². The number of carbonyl (C=O) groups excluding carboxylic acids is 1. The van der Waals surface area contributed by atoms with Gasteiger partial charge in [-0.25, -0.2) is 0 Å². The Balaban J connectivity index is 2.42. The van der Waals surface area contributed by atoms with E-state index in [9.17, 15) is 9.59 Å². The predicted molar refractivity (Wildman–Crippen MR) is 79.9 cm³/mol. The number of hydrogen-bond acceptors (Lipinski definition) is 5. The molecule has 0 aliphatic carbocycles. The first-order chi connectivity index (χ1) is 10.7. The Kier molecular flexibility index (Phi) is 5.04. The largest absolute Gasteiger partial charge is 0.466 e. The van der Waals surface area contributed by atoms with Gasteiger partial charge in [0.1, 0.15) is 11.6 Å². The number of esters is 1. The fraction of sp³-hybridized carbons (Fsp3) is 0.250. The molecule has 2 aromatic rings. The molecule has 0 aliphatic rings. The first kappa shape index (κ1) is 15.4. The molecule has 22 heavy (non-hydrogen) atoms. The molecule has 0 atom stereocenters. The maximum Gasteiger partial charge on any atom is 0.307 e. The smallest absolute Gasteiger partial charge is 0.307 e. The van der Waals surface area contributed by atoms with Crippen molar-refractivity contribution in [2.75, 3.05) is 6.61 Å². The molecule has 112 valence electrons. The normalized spacial score (nSPS) is 10.0. The lowest BCUT2D eigenvalue weighted by molar-refractivity contribution is -0.143. The predicted octanol–water partition coefficient (Wildman–Crippen LogP) is 1.74. The van der Waals surface area contributed by atoms with Crippen LogP contribution in [0.2, 0.25) is 0 Å². The van der Waals surface area contributed by atoms with E-state index in [4.69, 9.17) is 10.00 Å². The van der Waals surface area contributed by atoms with Gasteiger partial charge in [0.15, 0.2) is 0 Å². The van der Waals surface area contributed by atoms with E-state index in [1.165, 1.54) is 10.6 Å². The van der Waals surface area contributed by atoms with Crippen molar-refractivity contribution in [1.29, 1.82) is 5.26 Å². The molecule has 2 rings (SSSR count). The highest BCUT2D eigenvalue weighted by atomic mass is 16.5. The highest BCUT2D eigenvalue weighted by Crippen LogP contribution is 2.15. The molecular weight excluding hydrogens is 282 g/mol. The first-order valence-corrected chi connectivity index (χ1v) is 6.88. The van der Waals surface area contributed by atoms with Gasteiger partial charge in [0.2, 0.25) is 0 Å². The van der Waals surface area contributed by atoms with Gasteiger partial charge in [-0.3, -0.25) is 14.6 Å². The summed E-state index contributed by atoms with van der Waals surface area (Å²) in [5.41, 5.74) is 0.764. The molecule has 0 radical (unpaired) electrons. The van der Waals surface area contributed by atoms with Gasteiger partial charge in [-0.05, 0) is 31.2 Å². The van der Waals surface area contributed by atoms with Crippen LogP contribution in [0.4, 0.5) is 0 Å². The number of ether oxygens (including phenoxy) is 1. The Hall–Kier alpha value is -2.94. The minimum absolute atomic E-state index is 0.0311. The summed E-state index contributed by atoms with van der Waals surface area (Å²) in [4.78, 5) is 28.0. The second-order valence-corrected chi connectivity index (χ2v) is 4.47. The van der Waals surface area contributed by atoms with Crippen LogP contribution in [0, 0.1) is 11.3 Å². The SMILES string of the molecule is CCOC(=O)CCn1c(-c2ccccn2)ccc(C#N)c1=O.